The minimum Gasteiger partial charge on any atom is -0.480 e. The van der Waals surface area contributed by atoms with Gasteiger partial charge < -0.3 is 19.6 Å². The van der Waals surface area contributed by atoms with Gasteiger partial charge in [-0.2, -0.15) is 0 Å². The lowest BCUT2D eigenvalue weighted by Crippen LogP contribution is -2.49. The number of aliphatic carboxylic acids is 1. The van der Waals surface area contributed by atoms with E-state index in [-0.39, 0.29) is 12.1 Å². The maximum Gasteiger partial charge on any atom is 0.327 e. The molecule has 2 aliphatic rings. The van der Waals surface area contributed by atoms with Gasteiger partial charge in [0.1, 0.15) is 6.04 Å². The molecule has 2 atom stereocenters. The summed E-state index contributed by atoms with van der Waals surface area (Å²) < 4.78 is 5.60. The minimum atomic E-state index is -0.930. The van der Waals surface area contributed by atoms with E-state index in [2.05, 4.69) is 0 Å². The van der Waals surface area contributed by atoms with E-state index in [1.807, 2.05) is 0 Å². The molecule has 0 aromatic heterocycles. The zero-order chi connectivity index (χ0) is 13.8. The van der Waals surface area contributed by atoms with E-state index in [1.165, 1.54) is 16.7 Å². The van der Waals surface area contributed by atoms with Crippen LogP contribution in [0.1, 0.15) is 19.3 Å². The molecule has 1 N–H and O–H groups in total. The topological polar surface area (TPSA) is 70.1 Å². The third-order valence-electron chi connectivity index (χ3n) is 3.49. The number of ether oxygens (including phenoxy) is 1. The Morgan fingerprint density at radius 3 is 2.89 bits per heavy atom. The lowest BCUT2D eigenvalue weighted by Gasteiger charge is -2.31. The molecule has 0 radical (unpaired) electrons. The van der Waals surface area contributed by atoms with E-state index < -0.39 is 12.0 Å². The average Bonchev–Trinajstić information content (AvgIpc) is 2.88. The highest BCUT2D eigenvalue weighted by atomic mass is 32.2. The highest BCUT2D eigenvalue weighted by Crippen LogP contribution is 2.23. The number of urea groups is 1. The van der Waals surface area contributed by atoms with E-state index in [1.54, 1.807) is 11.9 Å². The lowest BCUT2D eigenvalue weighted by atomic mass is 10.1. The summed E-state index contributed by atoms with van der Waals surface area (Å²) in [6, 6.07) is -0.918. The third kappa shape index (κ3) is 3.54. The van der Waals surface area contributed by atoms with Gasteiger partial charge in [-0.25, -0.2) is 9.59 Å². The Balaban J connectivity index is 1.89. The Labute approximate surface area is 117 Å². The fourth-order valence-electron chi connectivity index (χ4n) is 2.39. The molecule has 0 bridgehead atoms. The third-order valence-corrected chi connectivity index (χ3v) is 4.50. The van der Waals surface area contributed by atoms with Gasteiger partial charge in [-0.05, 0) is 19.3 Å². The quantitative estimate of drug-likeness (QED) is 0.841. The Morgan fingerprint density at radius 1 is 1.47 bits per heavy atom. The van der Waals surface area contributed by atoms with Crippen molar-refractivity contribution in [2.75, 3.05) is 31.8 Å². The van der Waals surface area contributed by atoms with Crippen molar-refractivity contribution >= 4 is 23.8 Å². The predicted octanol–water partition coefficient (Wildman–Crippen LogP) is 1.07. The van der Waals surface area contributed by atoms with Gasteiger partial charge >= 0.3 is 12.0 Å². The molecule has 108 valence electrons. The summed E-state index contributed by atoms with van der Waals surface area (Å²) in [5.41, 5.74) is 0. The minimum absolute atomic E-state index is 0.0845. The van der Waals surface area contributed by atoms with Crippen LogP contribution in [0.3, 0.4) is 0 Å². The molecule has 2 rings (SSSR count). The van der Waals surface area contributed by atoms with Crippen LogP contribution in [-0.4, -0.2) is 70.9 Å². The van der Waals surface area contributed by atoms with Crippen molar-refractivity contribution in [3.05, 3.63) is 0 Å². The number of nitrogens with zero attached hydrogens (tertiary/aromatic N) is 2. The number of carboxylic acid groups (broad SMARTS) is 1. The van der Waals surface area contributed by atoms with Gasteiger partial charge in [0, 0.05) is 26.0 Å². The highest BCUT2D eigenvalue weighted by Gasteiger charge is 2.36. The molecule has 2 saturated heterocycles. The number of carbonyl (C=O) groups excluding carboxylic acids is 1. The van der Waals surface area contributed by atoms with Crippen molar-refractivity contribution in [1.82, 2.24) is 9.80 Å². The Morgan fingerprint density at radius 2 is 2.26 bits per heavy atom. The molecule has 2 amide bonds. The molecular formula is C12H20N2O4S. The largest absolute Gasteiger partial charge is 0.480 e. The van der Waals surface area contributed by atoms with Crippen LogP contribution in [0.2, 0.25) is 0 Å². The molecular weight excluding hydrogens is 268 g/mol. The second-order valence-electron chi connectivity index (χ2n) is 4.98. The number of likely N-dealkylation sites (N-methyl/N-ethyl adjacent to an activating group) is 1. The first kappa shape index (κ1) is 14.5. The molecule has 0 aliphatic carbocycles. The van der Waals surface area contributed by atoms with Crippen molar-refractivity contribution in [1.29, 1.82) is 0 Å². The van der Waals surface area contributed by atoms with Crippen LogP contribution in [-0.2, 0) is 9.53 Å². The molecule has 2 heterocycles. The van der Waals surface area contributed by atoms with E-state index in [0.717, 1.165) is 25.9 Å². The molecule has 6 nitrogen and oxygen atoms in total. The van der Waals surface area contributed by atoms with Crippen LogP contribution >= 0.6 is 11.8 Å². The van der Waals surface area contributed by atoms with Crippen molar-refractivity contribution in [2.24, 2.45) is 0 Å². The Bertz CT molecular complexity index is 347. The number of hydrogen-bond donors (Lipinski definition) is 1. The molecule has 2 fully saturated rings. The average molecular weight is 288 g/mol. The standard InChI is InChI=1S/C12H20N2O4S/c1-13(6-9-4-2-3-5-18-9)12(17)14-8-19-7-10(14)11(15)16/h9-10H,2-8H2,1H3,(H,15,16). The smallest absolute Gasteiger partial charge is 0.327 e. The van der Waals surface area contributed by atoms with Crippen LogP contribution in [0.5, 0.6) is 0 Å². The van der Waals surface area contributed by atoms with E-state index in [9.17, 15) is 9.59 Å². The predicted molar refractivity (Wildman–Crippen MR) is 72.2 cm³/mol. The van der Waals surface area contributed by atoms with Crippen LogP contribution in [0.25, 0.3) is 0 Å². The van der Waals surface area contributed by atoms with Crippen molar-refractivity contribution < 1.29 is 19.4 Å². The fourth-order valence-corrected chi connectivity index (χ4v) is 3.53. The number of hydrogen-bond acceptors (Lipinski definition) is 4. The first-order chi connectivity index (χ1) is 9.09. The first-order valence-corrected chi connectivity index (χ1v) is 7.69. The van der Waals surface area contributed by atoms with Gasteiger partial charge in [-0.1, -0.05) is 0 Å². The summed E-state index contributed by atoms with van der Waals surface area (Å²) >= 11 is 1.48. The van der Waals surface area contributed by atoms with Crippen LogP contribution < -0.4 is 0 Å². The molecule has 2 unspecified atom stereocenters. The summed E-state index contributed by atoms with van der Waals surface area (Å²) in [5, 5.41) is 9.09. The number of carboxylic acids is 1. The van der Waals surface area contributed by atoms with Crippen molar-refractivity contribution in [3.63, 3.8) is 0 Å². The maximum atomic E-state index is 12.3. The molecule has 0 aromatic rings. The number of rotatable bonds is 3. The van der Waals surface area contributed by atoms with E-state index >= 15 is 0 Å². The number of amides is 2. The Hall–Kier alpha value is -0.950. The van der Waals surface area contributed by atoms with Gasteiger partial charge in [0.05, 0.1) is 12.0 Å². The van der Waals surface area contributed by atoms with E-state index in [4.69, 9.17) is 9.84 Å². The SMILES string of the molecule is CN(CC1CCCCO1)C(=O)N1CSCC1C(=O)O. The van der Waals surface area contributed by atoms with Crippen LogP contribution in [0.4, 0.5) is 4.79 Å². The summed E-state index contributed by atoms with van der Waals surface area (Å²) in [6.45, 7) is 1.29. The van der Waals surface area contributed by atoms with Crippen molar-refractivity contribution in [3.8, 4) is 0 Å². The van der Waals surface area contributed by atoms with Crippen LogP contribution in [0, 0.1) is 0 Å². The molecule has 2 aliphatic heterocycles. The zero-order valence-electron chi connectivity index (χ0n) is 11.1. The van der Waals surface area contributed by atoms with Gasteiger partial charge in [0.25, 0.3) is 0 Å². The van der Waals surface area contributed by atoms with Crippen molar-refractivity contribution in [2.45, 2.75) is 31.4 Å². The van der Waals surface area contributed by atoms with Gasteiger partial charge in [0.2, 0.25) is 0 Å². The lowest BCUT2D eigenvalue weighted by molar-refractivity contribution is -0.140. The summed E-state index contributed by atoms with van der Waals surface area (Å²) in [7, 11) is 1.71. The Kier molecular flexibility index (Phi) is 4.93. The molecule has 0 aromatic carbocycles. The van der Waals surface area contributed by atoms with Gasteiger partial charge in [-0.3, -0.25) is 0 Å². The highest BCUT2D eigenvalue weighted by molar-refractivity contribution is 7.99. The second kappa shape index (κ2) is 6.47. The maximum absolute atomic E-state index is 12.3. The summed E-state index contributed by atoms with van der Waals surface area (Å²) in [5.74, 6) is -0.0128. The summed E-state index contributed by atoms with van der Waals surface area (Å²) in [6.07, 6.45) is 3.26. The molecule has 19 heavy (non-hydrogen) atoms. The first-order valence-electron chi connectivity index (χ1n) is 6.53. The monoisotopic (exact) mass is 288 g/mol. The fraction of sp³-hybridized carbons (Fsp3) is 0.833. The molecule has 0 saturated carbocycles. The van der Waals surface area contributed by atoms with Crippen LogP contribution in [0.15, 0.2) is 0 Å². The summed E-state index contributed by atoms with van der Waals surface area (Å²) in [4.78, 5) is 26.3. The molecule has 7 heteroatoms. The number of carbonyl (C=O) groups is 2. The normalized spacial score (nSPS) is 27.3. The zero-order valence-corrected chi connectivity index (χ0v) is 11.9. The van der Waals surface area contributed by atoms with E-state index in [0.29, 0.717) is 18.2 Å². The molecule has 0 spiro atoms. The van der Waals surface area contributed by atoms with Gasteiger partial charge in [0.15, 0.2) is 0 Å². The van der Waals surface area contributed by atoms with Gasteiger partial charge in [-0.15, -0.1) is 11.8 Å². The number of thioether (sulfide) groups is 1. The second-order valence-corrected chi connectivity index (χ2v) is 5.98.